The average molecular weight is 271 g/mol. The van der Waals surface area contributed by atoms with Gasteiger partial charge in [-0.1, -0.05) is 12.1 Å². The van der Waals surface area contributed by atoms with Gasteiger partial charge in [0.05, 0.1) is 18.2 Å². The molecule has 0 radical (unpaired) electrons. The molecule has 2 rings (SSSR count). The number of hydrogen-bond acceptors (Lipinski definition) is 3. The Hall–Kier alpha value is -2.54. The summed E-state index contributed by atoms with van der Waals surface area (Å²) >= 11 is 0. The van der Waals surface area contributed by atoms with Crippen LogP contribution >= 0.6 is 0 Å². The molecule has 102 valence electrons. The fourth-order valence-electron chi connectivity index (χ4n) is 1.72. The quantitative estimate of drug-likeness (QED) is 0.833. The molecule has 20 heavy (non-hydrogen) atoms. The van der Waals surface area contributed by atoms with Crippen molar-refractivity contribution < 1.29 is 13.9 Å². The number of nitriles is 1. The summed E-state index contributed by atoms with van der Waals surface area (Å²) < 4.78 is 24.6. The van der Waals surface area contributed by atoms with E-state index in [1.165, 1.54) is 6.07 Å². The lowest BCUT2D eigenvalue weighted by Crippen LogP contribution is -1.99. The highest BCUT2D eigenvalue weighted by Gasteiger charge is 2.05. The van der Waals surface area contributed by atoms with E-state index in [1.807, 2.05) is 25.1 Å². The molecule has 0 N–H and O–H groups in total. The lowest BCUT2D eigenvalue weighted by molar-refractivity contribution is 0.294. The van der Waals surface area contributed by atoms with Gasteiger partial charge in [0, 0.05) is 11.6 Å². The summed E-state index contributed by atoms with van der Waals surface area (Å²) in [6.07, 6.45) is 0. The molecule has 2 aromatic carbocycles. The van der Waals surface area contributed by atoms with Crippen molar-refractivity contribution in [2.45, 2.75) is 13.5 Å². The highest BCUT2D eigenvalue weighted by molar-refractivity contribution is 5.35. The predicted octanol–water partition coefficient (Wildman–Crippen LogP) is 3.68. The molecule has 0 unspecified atom stereocenters. The molecule has 0 saturated carbocycles. The van der Waals surface area contributed by atoms with E-state index in [-0.39, 0.29) is 6.61 Å². The molecule has 0 aliphatic heterocycles. The maximum atomic E-state index is 13.7. The second-order valence-electron chi connectivity index (χ2n) is 4.11. The molecule has 0 aliphatic rings. The molecule has 2 aromatic rings. The first-order chi connectivity index (χ1) is 9.72. The van der Waals surface area contributed by atoms with Crippen LogP contribution in [0.1, 0.15) is 18.1 Å². The SMILES string of the molecule is CCOc1cccc(OCc2ccc(C#N)cc2F)c1. The van der Waals surface area contributed by atoms with Crippen molar-refractivity contribution in [3.63, 3.8) is 0 Å². The van der Waals surface area contributed by atoms with Crippen LogP contribution in [0.5, 0.6) is 11.5 Å². The van der Waals surface area contributed by atoms with Gasteiger partial charge < -0.3 is 9.47 Å². The predicted molar refractivity (Wildman–Crippen MR) is 73.1 cm³/mol. The van der Waals surface area contributed by atoms with Crippen molar-refractivity contribution in [2.75, 3.05) is 6.61 Å². The van der Waals surface area contributed by atoms with Gasteiger partial charge in [0.15, 0.2) is 0 Å². The van der Waals surface area contributed by atoms with Crippen molar-refractivity contribution in [1.29, 1.82) is 5.26 Å². The van der Waals surface area contributed by atoms with E-state index in [9.17, 15) is 4.39 Å². The van der Waals surface area contributed by atoms with Crippen LogP contribution in [-0.4, -0.2) is 6.61 Å². The molecule has 0 aliphatic carbocycles. The first-order valence-electron chi connectivity index (χ1n) is 6.27. The molecular weight excluding hydrogens is 257 g/mol. The van der Waals surface area contributed by atoms with Crippen LogP contribution in [0.3, 0.4) is 0 Å². The fraction of sp³-hybridized carbons (Fsp3) is 0.188. The Labute approximate surface area is 117 Å². The van der Waals surface area contributed by atoms with E-state index in [2.05, 4.69) is 0 Å². The molecule has 4 heteroatoms. The molecule has 0 aromatic heterocycles. The van der Waals surface area contributed by atoms with Crippen molar-refractivity contribution in [3.8, 4) is 17.6 Å². The maximum Gasteiger partial charge on any atom is 0.131 e. The molecular formula is C16H14FNO2. The molecule has 3 nitrogen and oxygen atoms in total. The Morgan fingerprint density at radius 3 is 2.50 bits per heavy atom. The first kappa shape index (κ1) is 13.9. The topological polar surface area (TPSA) is 42.2 Å². The number of halogens is 1. The van der Waals surface area contributed by atoms with E-state index in [0.717, 1.165) is 0 Å². The molecule has 0 bridgehead atoms. The zero-order valence-electron chi connectivity index (χ0n) is 11.1. The summed E-state index contributed by atoms with van der Waals surface area (Å²) in [7, 11) is 0. The van der Waals surface area contributed by atoms with Crippen LogP contribution in [-0.2, 0) is 6.61 Å². The van der Waals surface area contributed by atoms with Gasteiger partial charge in [0.1, 0.15) is 23.9 Å². The first-order valence-corrected chi connectivity index (χ1v) is 6.27. The summed E-state index contributed by atoms with van der Waals surface area (Å²) in [5.41, 5.74) is 0.704. The summed E-state index contributed by atoms with van der Waals surface area (Å²) in [6.45, 7) is 2.58. The number of rotatable bonds is 5. The van der Waals surface area contributed by atoms with Crippen LogP contribution in [0, 0.1) is 17.1 Å². The number of hydrogen-bond donors (Lipinski definition) is 0. The average Bonchev–Trinajstić information content (AvgIpc) is 2.46. The van der Waals surface area contributed by atoms with Gasteiger partial charge in [0.25, 0.3) is 0 Å². The van der Waals surface area contributed by atoms with Crippen LogP contribution < -0.4 is 9.47 Å². The Balaban J connectivity index is 2.05. The largest absolute Gasteiger partial charge is 0.494 e. The van der Waals surface area contributed by atoms with E-state index < -0.39 is 5.82 Å². The van der Waals surface area contributed by atoms with Gasteiger partial charge in [-0.15, -0.1) is 0 Å². The van der Waals surface area contributed by atoms with Crippen molar-refractivity contribution in [2.24, 2.45) is 0 Å². The monoisotopic (exact) mass is 271 g/mol. The standard InChI is InChI=1S/C16H14FNO2/c1-2-19-14-4-3-5-15(9-14)20-11-13-7-6-12(10-18)8-16(13)17/h3-9H,2,11H2,1H3. The minimum absolute atomic E-state index is 0.104. The minimum atomic E-state index is -0.440. The third kappa shape index (κ3) is 3.48. The Kier molecular flexibility index (Phi) is 4.56. The fourth-order valence-corrected chi connectivity index (χ4v) is 1.72. The number of nitrogens with zero attached hydrogens (tertiary/aromatic N) is 1. The van der Waals surface area contributed by atoms with Gasteiger partial charge in [-0.2, -0.15) is 5.26 Å². The van der Waals surface area contributed by atoms with Gasteiger partial charge in [-0.3, -0.25) is 0 Å². The summed E-state index contributed by atoms with van der Waals surface area (Å²) in [5.74, 6) is 0.884. The number of benzene rings is 2. The maximum absolute atomic E-state index is 13.7. The summed E-state index contributed by atoms with van der Waals surface area (Å²) in [5, 5.41) is 8.68. The minimum Gasteiger partial charge on any atom is -0.494 e. The molecule has 0 saturated heterocycles. The third-order valence-electron chi connectivity index (χ3n) is 2.69. The van der Waals surface area contributed by atoms with Crippen molar-refractivity contribution >= 4 is 0 Å². The van der Waals surface area contributed by atoms with Crippen molar-refractivity contribution in [1.82, 2.24) is 0 Å². The molecule has 0 fully saturated rings. The summed E-state index contributed by atoms with van der Waals surface area (Å²) in [6, 6.07) is 13.4. The second-order valence-corrected chi connectivity index (χ2v) is 4.11. The van der Waals surface area contributed by atoms with E-state index >= 15 is 0 Å². The lowest BCUT2D eigenvalue weighted by Gasteiger charge is -2.09. The van der Waals surface area contributed by atoms with E-state index in [1.54, 1.807) is 24.3 Å². The van der Waals surface area contributed by atoms with Gasteiger partial charge in [0.2, 0.25) is 0 Å². The molecule has 0 spiro atoms. The third-order valence-corrected chi connectivity index (χ3v) is 2.69. The second kappa shape index (κ2) is 6.58. The smallest absolute Gasteiger partial charge is 0.131 e. The van der Waals surface area contributed by atoms with Crippen LogP contribution in [0.15, 0.2) is 42.5 Å². The number of ether oxygens (including phenoxy) is 2. The zero-order chi connectivity index (χ0) is 14.4. The van der Waals surface area contributed by atoms with Gasteiger partial charge >= 0.3 is 0 Å². The van der Waals surface area contributed by atoms with Gasteiger partial charge in [-0.25, -0.2) is 4.39 Å². The molecule has 0 heterocycles. The van der Waals surface area contributed by atoms with E-state index in [4.69, 9.17) is 14.7 Å². The highest BCUT2D eigenvalue weighted by Crippen LogP contribution is 2.21. The summed E-state index contributed by atoms with van der Waals surface area (Å²) in [4.78, 5) is 0. The molecule has 0 atom stereocenters. The zero-order valence-corrected chi connectivity index (χ0v) is 11.1. The lowest BCUT2D eigenvalue weighted by atomic mass is 10.1. The highest BCUT2D eigenvalue weighted by atomic mass is 19.1. The van der Waals surface area contributed by atoms with Crippen LogP contribution in [0.4, 0.5) is 4.39 Å². The normalized spacial score (nSPS) is 9.85. The van der Waals surface area contributed by atoms with E-state index in [0.29, 0.717) is 29.2 Å². The van der Waals surface area contributed by atoms with Gasteiger partial charge in [-0.05, 0) is 31.2 Å². The van der Waals surface area contributed by atoms with Crippen LogP contribution in [0.25, 0.3) is 0 Å². The Bertz CT molecular complexity index is 635. The van der Waals surface area contributed by atoms with Crippen molar-refractivity contribution in [3.05, 3.63) is 59.4 Å². The van der Waals surface area contributed by atoms with Crippen LogP contribution in [0.2, 0.25) is 0 Å². The molecule has 0 amide bonds. The Morgan fingerprint density at radius 1 is 1.10 bits per heavy atom. The Morgan fingerprint density at radius 2 is 1.85 bits per heavy atom.